The van der Waals surface area contributed by atoms with Gasteiger partial charge in [0, 0.05) is 16.7 Å². The van der Waals surface area contributed by atoms with Crippen LogP contribution in [-0.2, 0) is 4.79 Å². The number of Topliss-reactive ketones (excluding diaryl/α,β-unsaturated/α-hetero) is 1. The molecule has 2 aromatic rings. The summed E-state index contributed by atoms with van der Waals surface area (Å²) >= 11 is 12.1. The van der Waals surface area contributed by atoms with Gasteiger partial charge in [-0.2, -0.15) is 0 Å². The number of para-hydroxylation sites is 1. The summed E-state index contributed by atoms with van der Waals surface area (Å²) in [4.78, 5) is 13.0. The van der Waals surface area contributed by atoms with Crippen LogP contribution in [0.15, 0.2) is 47.5 Å². The van der Waals surface area contributed by atoms with Crippen LogP contribution in [0.3, 0.4) is 0 Å². The highest BCUT2D eigenvalue weighted by Crippen LogP contribution is 2.35. The second-order valence-corrected chi connectivity index (χ2v) is 7.09. The van der Waals surface area contributed by atoms with Crippen molar-refractivity contribution in [3.05, 3.63) is 68.7 Å². The number of halogens is 2. The Morgan fingerprint density at radius 1 is 0.926 bits per heavy atom. The van der Waals surface area contributed by atoms with E-state index in [1.165, 1.54) is 0 Å². The Bertz CT molecular complexity index is 929. The first kappa shape index (κ1) is 19.5. The van der Waals surface area contributed by atoms with Gasteiger partial charge in [-0.25, -0.2) is 0 Å². The normalized spacial score (nSPS) is 17.4. The predicted octanol–water partition coefficient (Wildman–Crippen LogP) is 6.23. The van der Waals surface area contributed by atoms with Crippen molar-refractivity contribution >= 4 is 41.1 Å². The number of allylic oxidation sites excluding steroid dienone is 2. The van der Waals surface area contributed by atoms with Gasteiger partial charge in [0.05, 0.1) is 24.3 Å². The van der Waals surface area contributed by atoms with Crippen LogP contribution >= 0.6 is 23.2 Å². The lowest BCUT2D eigenvalue weighted by Gasteiger charge is -2.17. The third kappa shape index (κ3) is 4.37. The monoisotopic (exact) mass is 402 g/mol. The smallest absolute Gasteiger partial charge is 0.185 e. The van der Waals surface area contributed by atoms with Crippen LogP contribution < -0.4 is 9.47 Å². The summed E-state index contributed by atoms with van der Waals surface area (Å²) in [7, 11) is 3.19. The molecule has 5 heteroatoms. The van der Waals surface area contributed by atoms with E-state index in [0.29, 0.717) is 21.5 Å². The lowest BCUT2D eigenvalue weighted by Crippen LogP contribution is -2.12. The van der Waals surface area contributed by atoms with Crippen molar-refractivity contribution in [3.8, 4) is 11.5 Å². The summed E-state index contributed by atoms with van der Waals surface area (Å²) in [6.45, 7) is 0. The van der Waals surface area contributed by atoms with Crippen molar-refractivity contribution in [3.63, 3.8) is 0 Å². The molecule has 0 bridgehead atoms. The van der Waals surface area contributed by atoms with Gasteiger partial charge in [0.15, 0.2) is 17.3 Å². The standard InChI is InChI=1S/C22H20Cl2O3/c1-26-20-8-4-7-17(22(20)27-2)13-16-6-3-5-15(21(16)25)11-14-9-10-18(23)19(24)12-14/h4,7-13H,3,5-6H2,1-2H3/b15-11+,16-13+. The van der Waals surface area contributed by atoms with Crippen LogP contribution in [0.25, 0.3) is 12.2 Å². The molecule has 0 spiro atoms. The average Bonchev–Trinajstić information content (AvgIpc) is 2.67. The molecule has 0 saturated heterocycles. The highest BCUT2D eigenvalue weighted by Gasteiger charge is 2.21. The Balaban J connectivity index is 1.94. The molecular formula is C22H20Cl2O3. The fraction of sp³-hybridized carbons (Fsp3) is 0.227. The number of carbonyl (C=O) groups is 1. The van der Waals surface area contributed by atoms with E-state index >= 15 is 0 Å². The van der Waals surface area contributed by atoms with Gasteiger partial charge in [-0.1, -0.05) is 41.4 Å². The van der Waals surface area contributed by atoms with Gasteiger partial charge < -0.3 is 9.47 Å². The van der Waals surface area contributed by atoms with Crippen molar-refractivity contribution in [2.24, 2.45) is 0 Å². The minimum Gasteiger partial charge on any atom is -0.493 e. The van der Waals surface area contributed by atoms with Crippen molar-refractivity contribution < 1.29 is 14.3 Å². The third-order valence-electron chi connectivity index (χ3n) is 4.52. The van der Waals surface area contributed by atoms with Crippen molar-refractivity contribution in [1.82, 2.24) is 0 Å². The fourth-order valence-corrected chi connectivity index (χ4v) is 3.50. The zero-order valence-corrected chi connectivity index (χ0v) is 16.7. The first-order chi connectivity index (χ1) is 13.0. The molecule has 1 aliphatic carbocycles. The van der Waals surface area contributed by atoms with Crippen LogP contribution in [0.1, 0.15) is 30.4 Å². The van der Waals surface area contributed by atoms with E-state index in [4.69, 9.17) is 32.7 Å². The number of methoxy groups -OCH3 is 2. The number of rotatable bonds is 4. The van der Waals surface area contributed by atoms with Gasteiger partial charge in [0.2, 0.25) is 0 Å². The molecule has 3 nitrogen and oxygen atoms in total. The Kier molecular flexibility index (Phi) is 6.25. The second-order valence-electron chi connectivity index (χ2n) is 6.28. The molecule has 0 aromatic heterocycles. The van der Waals surface area contributed by atoms with Gasteiger partial charge in [-0.3, -0.25) is 4.79 Å². The zero-order valence-electron chi connectivity index (χ0n) is 15.2. The lowest BCUT2D eigenvalue weighted by molar-refractivity contribution is -0.112. The fourth-order valence-electron chi connectivity index (χ4n) is 3.19. The second kappa shape index (κ2) is 8.64. The van der Waals surface area contributed by atoms with E-state index in [0.717, 1.165) is 41.5 Å². The van der Waals surface area contributed by atoms with Gasteiger partial charge in [0.25, 0.3) is 0 Å². The molecule has 27 heavy (non-hydrogen) atoms. The molecule has 1 fully saturated rings. The quantitative estimate of drug-likeness (QED) is 0.568. The molecule has 0 radical (unpaired) electrons. The summed E-state index contributed by atoms with van der Waals surface area (Å²) in [6, 6.07) is 11.0. The van der Waals surface area contributed by atoms with Crippen LogP contribution in [-0.4, -0.2) is 20.0 Å². The van der Waals surface area contributed by atoms with Gasteiger partial charge in [-0.05, 0) is 55.2 Å². The molecule has 0 unspecified atom stereocenters. The number of hydrogen-bond acceptors (Lipinski definition) is 3. The van der Waals surface area contributed by atoms with E-state index < -0.39 is 0 Å². The predicted molar refractivity (Wildman–Crippen MR) is 111 cm³/mol. The van der Waals surface area contributed by atoms with Crippen LogP contribution in [0.4, 0.5) is 0 Å². The molecule has 1 saturated carbocycles. The largest absolute Gasteiger partial charge is 0.493 e. The minimum absolute atomic E-state index is 0.0530. The number of ether oxygens (including phenoxy) is 2. The van der Waals surface area contributed by atoms with Crippen molar-refractivity contribution in [1.29, 1.82) is 0 Å². The van der Waals surface area contributed by atoms with E-state index in [-0.39, 0.29) is 5.78 Å². The highest BCUT2D eigenvalue weighted by molar-refractivity contribution is 6.42. The number of ketones is 1. The minimum atomic E-state index is 0.0530. The molecule has 140 valence electrons. The number of carbonyl (C=O) groups excluding carboxylic acids is 1. The molecule has 0 heterocycles. The van der Waals surface area contributed by atoms with E-state index in [2.05, 4.69) is 0 Å². The third-order valence-corrected chi connectivity index (χ3v) is 5.26. The van der Waals surface area contributed by atoms with Crippen LogP contribution in [0.5, 0.6) is 11.5 Å². The first-order valence-corrected chi connectivity index (χ1v) is 9.41. The Hall–Kier alpha value is -2.23. The molecule has 0 amide bonds. The summed E-state index contributed by atoms with van der Waals surface area (Å²) in [5.41, 5.74) is 3.23. The number of hydrogen-bond donors (Lipinski definition) is 0. The summed E-state index contributed by atoms with van der Waals surface area (Å²) in [5, 5.41) is 0.977. The lowest BCUT2D eigenvalue weighted by atomic mass is 9.86. The highest BCUT2D eigenvalue weighted by atomic mass is 35.5. The first-order valence-electron chi connectivity index (χ1n) is 8.65. The van der Waals surface area contributed by atoms with Gasteiger partial charge in [0.1, 0.15) is 0 Å². The van der Waals surface area contributed by atoms with Gasteiger partial charge in [-0.15, -0.1) is 0 Å². The summed E-state index contributed by atoms with van der Waals surface area (Å²) < 4.78 is 10.8. The van der Waals surface area contributed by atoms with E-state index in [1.807, 2.05) is 36.4 Å². The maximum absolute atomic E-state index is 13.0. The molecule has 1 aliphatic rings. The summed E-state index contributed by atoms with van der Waals surface area (Å²) in [5.74, 6) is 1.32. The van der Waals surface area contributed by atoms with E-state index in [1.54, 1.807) is 26.4 Å². The Labute approximate surface area is 169 Å². The average molecular weight is 403 g/mol. The van der Waals surface area contributed by atoms with E-state index in [9.17, 15) is 4.79 Å². The topological polar surface area (TPSA) is 35.5 Å². The van der Waals surface area contributed by atoms with Crippen molar-refractivity contribution in [2.75, 3.05) is 14.2 Å². The molecule has 0 atom stereocenters. The van der Waals surface area contributed by atoms with Crippen LogP contribution in [0, 0.1) is 0 Å². The van der Waals surface area contributed by atoms with Gasteiger partial charge >= 0.3 is 0 Å². The van der Waals surface area contributed by atoms with Crippen molar-refractivity contribution in [2.45, 2.75) is 19.3 Å². The number of benzene rings is 2. The maximum Gasteiger partial charge on any atom is 0.185 e. The van der Waals surface area contributed by atoms with Crippen LogP contribution in [0.2, 0.25) is 10.0 Å². The molecule has 2 aromatic carbocycles. The molecule has 0 aliphatic heterocycles. The molecule has 0 N–H and O–H groups in total. The Morgan fingerprint density at radius 3 is 2.33 bits per heavy atom. The SMILES string of the molecule is COc1cccc(/C=C2\CCC/C(=C\c3ccc(Cl)c(Cl)c3)C2=O)c1OC. The maximum atomic E-state index is 13.0. The summed E-state index contributed by atoms with van der Waals surface area (Å²) in [6.07, 6.45) is 6.17. The molecule has 3 rings (SSSR count). The Morgan fingerprint density at radius 2 is 1.67 bits per heavy atom. The zero-order chi connectivity index (χ0) is 19.4. The molecular weight excluding hydrogens is 383 g/mol.